The Kier molecular flexibility index (Phi) is 10.5. The van der Waals surface area contributed by atoms with Crippen LogP contribution in [0.2, 0.25) is 5.02 Å². The molecule has 5 rings (SSSR count). The number of amides is 1. The van der Waals surface area contributed by atoms with E-state index in [0.29, 0.717) is 35.9 Å². The number of carbonyl (C=O) groups excluding carboxylic acids is 1. The number of sulfonamides is 1. The lowest BCUT2D eigenvalue weighted by atomic mass is 9.54. The average molecular weight is 672 g/mol. The molecule has 1 amide bonds. The maximum atomic E-state index is 13.5. The molecule has 0 spiro atoms. The van der Waals surface area contributed by atoms with Gasteiger partial charge in [-0.05, 0) is 118 Å². The number of fused-ring (bicyclic) bond motifs is 3. The molecule has 8 nitrogen and oxygen atoms in total. The number of carbonyl (C=O) groups is 1. The molecule has 2 aliphatic heterocycles. The summed E-state index contributed by atoms with van der Waals surface area (Å²) in [6.45, 7) is 8.52. The number of aryl methyl sites for hydroxylation is 1. The summed E-state index contributed by atoms with van der Waals surface area (Å²) in [4.78, 5) is 18.0. The summed E-state index contributed by atoms with van der Waals surface area (Å²) in [5, 5.41) is -0.0613. The largest absolute Gasteiger partial charge is 0.487 e. The van der Waals surface area contributed by atoms with Crippen molar-refractivity contribution in [3.05, 3.63) is 70.3 Å². The predicted octanol–water partition coefficient (Wildman–Crippen LogP) is 6.47. The Labute approximate surface area is 280 Å². The maximum absolute atomic E-state index is 13.5. The van der Waals surface area contributed by atoms with E-state index in [1.54, 1.807) is 32.2 Å². The molecule has 3 aliphatic rings. The fraction of sp³-hybridized carbons (Fsp3) is 0.583. The summed E-state index contributed by atoms with van der Waals surface area (Å²) in [6.07, 6.45) is 9.69. The Balaban J connectivity index is 1.62. The number of hydrogen-bond acceptors (Lipinski definition) is 7. The predicted molar refractivity (Wildman–Crippen MR) is 185 cm³/mol. The van der Waals surface area contributed by atoms with Gasteiger partial charge in [0.05, 0.1) is 10.9 Å². The van der Waals surface area contributed by atoms with Crippen molar-refractivity contribution in [3.8, 4) is 5.75 Å². The van der Waals surface area contributed by atoms with Gasteiger partial charge in [-0.15, -0.1) is 0 Å². The smallest absolute Gasteiger partial charge is 0.264 e. The molecule has 2 heterocycles. The van der Waals surface area contributed by atoms with Gasteiger partial charge in [0.2, 0.25) is 10.0 Å². The zero-order valence-corrected chi connectivity index (χ0v) is 29.7. The second kappa shape index (κ2) is 13.9. The van der Waals surface area contributed by atoms with Crippen LogP contribution in [-0.4, -0.2) is 70.9 Å². The second-order valence-electron chi connectivity index (χ2n) is 14.2. The van der Waals surface area contributed by atoms with Gasteiger partial charge in [-0.1, -0.05) is 43.7 Å². The molecule has 1 aliphatic carbocycles. The van der Waals surface area contributed by atoms with Gasteiger partial charge in [0, 0.05) is 37.3 Å². The lowest BCUT2D eigenvalue weighted by Gasteiger charge is -2.57. The van der Waals surface area contributed by atoms with Crippen LogP contribution in [0.15, 0.2) is 48.6 Å². The van der Waals surface area contributed by atoms with E-state index in [1.807, 2.05) is 25.1 Å². The van der Waals surface area contributed by atoms with Crippen molar-refractivity contribution in [3.63, 3.8) is 0 Å². The van der Waals surface area contributed by atoms with E-state index in [-0.39, 0.29) is 17.3 Å². The average Bonchev–Trinajstić information content (AvgIpc) is 3.02. The topological polar surface area (TPSA) is 88.2 Å². The molecule has 5 atom stereocenters. The van der Waals surface area contributed by atoms with Crippen LogP contribution < -0.4 is 14.4 Å². The SMILES string of the molecule is CO[C@@]1(CN(C)C)/C=C/C[C@H](C)[C@@H](C)S(=O)(=O)NC(=O)c2ccc3c(c2)N(CCCCc2cc(Cl)ccc2CO3)CC2(C)CC[C@H]21. The Morgan fingerprint density at radius 2 is 1.91 bits per heavy atom. The molecular formula is C36H50ClN3O5S. The van der Waals surface area contributed by atoms with Gasteiger partial charge in [-0.3, -0.25) is 4.79 Å². The van der Waals surface area contributed by atoms with Crippen LogP contribution in [0, 0.1) is 17.3 Å². The van der Waals surface area contributed by atoms with Crippen LogP contribution in [0.1, 0.15) is 74.4 Å². The lowest BCUT2D eigenvalue weighted by Crippen LogP contribution is -2.60. The molecule has 1 saturated carbocycles. The molecule has 2 aromatic carbocycles. The zero-order valence-electron chi connectivity index (χ0n) is 28.1. The number of hydrogen-bond donors (Lipinski definition) is 1. The number of halogens is 1. The highest BCUT2D eigenvalue weighted by Gasteiger charge is 2.54. The highest BCUT2D eigenvalue weighted by molar-refractivity contribution is 7.90. The summed E-state index contributed by atoms with van der Waals surface area (Å²) in [7, 11) is 1.99. The third-order valence-corrected chi connectivity index (χ3v) is 12.8. The van der Waals surface area contributed by atoms with E-state index in [9.17, 15) is 13.2 Å². The van der Waals surface area contributed by atoms with Crippen molar-refractivity contribution in [1.82, 2.24) is 9.62 Å². The molecule has 0 saturated heterocycles. The van der Waals surface area contributed by atoms with Crippen LogP contribution in [-0.2, 0) is 27.8 Å². The number of rotatable bonds is 3. The summed E-state index contributed by atoms with van der Waals surface area (Å²) in [5.74, 6) is 0.0468. The monoisotopic (exact) mass is 671 g/mol. The van der Waals surface area contributed by atoms with E-state index in [4.69, 9.17) is 21.1 Å². The summed E-state index contributed by atoms with van der Waals surface area (Å²) in [6, 6.07) is 11.2. The van der Waals surface area contributed by atoms with Gasteiger partial charge >= 0.3 is 0 Å². The third-order valence-electron chi connectivity index (χ3n) is 10.6. The molecular weight excluding hydrogens is 622 g/mol. The molecule has 0 radical (unpaired) electrons. The molecule has 1 N–H and O–H groups in total. The highest BCUT2D eigenvalue weighted by Crippen LogP contribution is 2.54. The molecule has 2 bridgehead atoms. The van der Waals surface area contributed by atoms with E-state index in [1.165, 1.54) is 5.56 Å². The van der Waals surface area contributed by atoms with Crippen LogP contribution in [0.3, 0.4) is 0 Å². The third kappa shape index (κ3) is 7.28. The molecule has 252 valence electrons. The van der Waals surface area contributed by atoms with Crippen molar-refractivity contribution in [2.24, 2.45) is 17.3 Å². The number of anilines is 1. The van der Waals surface area contributed by atoms with E-state index >= 15 is 0 Å². The zero-order chi connectivity index (χ0) is 33.3. The van der Waals surface area contributed by atoms with Gasteiger partial charge in [-0.25, -0.2) is 13.1 Å². The Bertz CT molecular complexity index is 1560. The number of likely N-dealkylation sites (N-methyl/N-ethyl adjacent to an activating group) is 1. The Morgan fingerprint density at radius 3 is 2.61 bits per heavy atom. The number of nitrogens with one attached hydrogen (secondary N) is 1. The number of nitrogens with zero attached hydrogens (tertiary/aromatic N) is 2. The number of methoxy groups -OCH3 is 1. The van der Waals surface area contributed by atoms with Gasteiger partial charge in [0.25, 0.3) is 5.91 Å². The highest BCUT2D eigenvalue weighted by atomic mass is 35.5. The van der Waals surface area contributed by atoms with E-state index in [0.717, 1.165) is 56.4 Å². The van der Waals surface area contributed by atoms with Crippen molar-refractivity contribution in [2.75, 3.05) is 45.7 Å². The van der Waals surface area contributed by atoms with Gasteiger partial charge in [-0.2, -0.15) is 0 Å². The molecule has 1 fully saturated rings. The van der Waals surface area contributed by atoms with Crippen LogP contribution >= 0.6 is 11.6 Å². The molecule has 46 heavy (non-hydrogen) atoms. The van der Waals surface area contributed by atoms with Crippen molar-refractivity contribution < 1.29 is 22.7 Å². The molecule has 10 heteroatoms. The van der Waals surface area contributed by atoms with Crippen LogP contribution in [0.4, 0.5) is 5.69 Å². The summed E-state index contributed by atoms with van der Waals surface area (Å²) < 4.78 is 42.2. The number of ether oxygens (including phenoxy) is 2. The van der Waals surface area contributed by atoms with Gasteiger partial charge < -0.3 is 19.3 Å². The van der Waals surface area contributed by atoms with Crippen LogP contribution in [0.5, 0.6) is 5.75 Å². The minimum Gasteiger partial charge on any atom is -0.487 e. The lowest BCUT2D eigenvalue weighted by molar-refractivity contribution is -0.123. The van der Waals surface area contributed by atoms with Crippen LogP contribution in [0.25, 0.3) is 0 Å². The van der Waals surface area contributed by atoms with Crippen molar-refractivity contribution in [1.29, 1.82) is 0 Å². The number of benzene rings is 2. The normalized spacial score (nSPS) is 30.9. The van der Waals surface area contributed by atoms with E-state index in [2.05, 4.69) is 47.7 Å². The standard InChI is InChI=1S/C36H50ClN3O5S/c1-25-10-9-17-36(44-6,24-39(4)5)33-16-18-35(33,3)23-40-19-8-7-11-27-20-30(37)14-12-29(27)22-45-32-15-13-28(21-31(32)40)34(41)38-46(42,43)26(25)2/h9,12-15,17,20-21,25-26,33H,7-8,10-11,16,18-19,22-24H2,1-6H3,(H,38,41)/b17-9+/t25-,26+,33+,35?,36+/m0/s1. The first-order valence-corrected chi connectivity index (χ1v) is 18.4. The first kappa shape index (κ1) is 34.7. The minimum absolute atomic E-state index is 0.0815. The van der Waals surface area contributed by atoms with Gasteiger partial charge in [0.1, 0.15) is 18.0 Å². The first-order valence-electron chi connectivity index (χ1n) is 16.5. The van der Waals surface area contributed by atoms with E-state index < -0.39 is 26.8 Å². The maximum Gasteiger partial charge on any atom is 0.264 e. The fourth-order valence-corrected chi connectivity index (χ4v) is 9.08. The molecule has 0 aromatic heterocycles. The first-order chi connectivity index (χ1) is 21.8. The van der Waals surface area contributed by atoms with Crippen molar-refractivity contribution in [2.45, 2.75) is 76.8 Å². The summed E-state index contributed by atoms with van der Waals surface area (Å²) in [5.41, 5.74) is 2.74. The minimum atomic E-state index is -3.94. The molecule has 1 unspecified atom stereocenters. The quantitative estimate of drug-likeness (QED) is 0.375. The Morgan fingerprint density at radius 1 is 1.13 bits per heavy atom. The molecule has 2 aromatic rings. The fourth-order valence-electron chi connectivity index (χ4n) is 7.60. The number of allylic oxidation sites excluding steroid dienone is 1. The Hall–Kier alpha value is -2.59. The summed E-state index contributed by atoms with van der Waals surface area (Å²) >= 11 is 6.37. The van der Waals surface area contributed by atoms with Gasteiger partial charge in [0.15, 0.2) is 0 Å². The second-order valence-corrected chi connectivity index (χ2v) is 16.7. The van der Waals surface area contributed by atoms with Crippen molar-refractivity contribution >= 4 is 33.2 Å².